The monoisotopic (exact) mass is 358 g/mol. The normalized spacial score (nSPS) is 11.4. The molecule has 0 amide bonds. The molecule has 0 spiro atoms. The van der Waals surface area contributed by atoms with Gasteiger partial charge in [-0.1, -0.05) is 6.07 Å². The Morgan fingerprint density at radius 2 is 1.29 bits per heavy atom. The van der Waals surface area contributed by atoms with Crippen molar-refractivity contribution in [2.75, 3.05) is 41.2 Å². The summed E-state index contributed by atoms with van der Waals surface area (Å²) in [7, 11) is 2.14. The van der Waals surface area contributed by atoms with E-state index in [4.69, 9.17) is 27.5 Å². The highest BCUT2D eigenvalue weighted by atomic mass is 28.4. The largest absolute Gasteiger partial charge is 0.501 e. The van der Waals surface area contributed by atoms with Gasteiger partial charge in [0, 0.05) is 25.9 Å². The Labute approximate surface area is 146 Å². The molecule has 1 aromatic rings. The average Bonchev–Trinajstić information content (AvgIpc) is 2.59. The maximum atomic E-state index is 5.90. The standard InChI is InChI=1S/C17H30O6Si/c1-7-21-24(22-8-2,23-9-3)13-12-14-10-11-15(18-4)17(20-6)16(14)19-5/h10-11H,7-9,12-13H2,1-6H3. The molecule has 0 aliphatic rings. The quantitative estimate of drug-likeness (QED) is 0.534. The molecule has 0 atom stereocenters. The van der Waals surface area contributed by atoms with E-state index in [1.54, 1.807) is 21.3 Å². The van der Waals surface area contributed by atoms with Gasteiger partial charge in [0.2, 0.25) is 5.75 Å². The molecule has 0 radical (unpaired) electrons. The molecule has 7 heteroatoms. The van der Waals surface area contributed by atoms with Crippen LogP contribution >= 0.6 is 0 Å². The van der Waals surface area contributed by atoms with E-state index in [9.17, 15) is 0 Å². The first-order valence-corrected chi connectivity index (χ1v) is 10.2. The highest BCUT2D eigenvalue weighted by Crippen LogP contribution is 2.40. The summed E-state index contributed by atoms with van der Waals surface area (Å²) in [6.45, 7) is 7.56. The fourth-order valence-electron chi connectivity index (χ4n) is 2.65. The third-order valence-corrected chi connectivity index (χ3v) is 6.63. The first kappa shape index (κ1) is 20.8. The predicted octanol–water partition coefficient (Wildman–Crippen LogP) is 3.30. The fraction of sp³-hybridized carbons (Fsp3) is 0.647. The summed E-state index contributed by atoms with van der Waals surface area (Å²) >= 11 is 0. The lowest BCUT2D eigenvalue weighted by molar-refractivity contribution is 0.0714. The minimum Gasteiger partial charge on any atom is -0.493 e. The second-order valence-corrected chi connectivity index (χ2v) is 7.71. The van der Waals surface area contributed by atoms with Gasteiger partial charge >= 0.3 is 8.80 Å². The van der Waals surface area contributed by atoms with E-state index < -0.39 is 8.80 Å². The van der Waals surface area contributed by atoms with Gasteiger partial charge in [-0.3, -0.25) is 0 Å². The SMILES string of the molecule is CCO[Si](CCc1ccc(OC)c(OC)c1OC)(OCC)OCC. The first-order chi connectivity index (χ1) is 11.6. The van der Waals surface area contributed by atoms with E-state index in [-0.39, 0.29) is 0 Å². The Morgan fingerprint density at radius 1 is 0.750 bits per heavy atom. The summed E-state index contributed by atoms with van der Waals surface area (Å²) in [6.07, 6.45) is 0.704. The van der Waals surface area contributed by atoms with Crippen molar-refractivity contribution < 1.29 is 27.5 Å². The third kappa shape index (κ3) is 5.11. The van der Waals surface area contributed by atoms with Crippen LogP contribution in [0.3, 0.4) is 0 Å². The molecule has 1 rings (SSSR count). The summed E-state index contributed by atoms with van der Waals surface area (Å²) in [5.74, 6) is 1.90. The zero-order valence-corrected chi connectivity index (χ0v) is 16.6. The molecule has 0 fully saturated rings. The Hall–Kier alpha value is -1.28. The van der Waals surface area contributed by atoms with Crippen molar-refractivity contribution in [1.82, 2.24) is 0 Å². The van der Waals surface area contributed by atoms with E-state index in [0.717, 1.165) is 5.56 Å². The molecular weight excluding hydrogens is 328 g/mol. The van der Waals surface area contributed by atoms with Gasteiger partial charge in [-0.05, 0) is 38.8 Å². The van der Waals surface area contributed by atoms with Crippen LogP contribution in [-0.2, 0) is 19.7 Å². The lowest BCUT2D eigenvalue weighted by atomic mass is 10.1. The summed E-state index contributed by atoms with van der Waals surface area (Å²) < 4.78 is 34.0. The van der Waals surface area contributed by atoms with Crippen molar-refractivity contribution in [1.29, 1.82) is 0 Å². The molecule has 0 bridgehead atoms. The zero-order chi connectivity index (χ0) is 18.0. The molecule has 0 heterocycles. The zero-order valence-electron chi connectivity index (χ0n) is 15.6. The Bertz CT molecular complexity index is 477. The van der Waals surface area contributed by atoms with Crippen LogP contribution in [0.5, 0.6) is 17.2 Å². The summed E-state index contributed by atoms with van der Waals surface area (Å²) in [5.41, 5.74) is 1.01. The molecule has 0 unspecified atom stereocenters. The molecule has 24 heavy (non-hydrogen) atoms. The van der Waals surface area contributed by atoms with Gasteiger partial charge in [0.1, 0.15) is 0 Å². The number of hydrogen-bond acceptors (Lipinski definition) is 6. The van der Waals surface area contributed by atoms with Crippen LogP contribution in [0.2, 0.25) is 6.04 Å². The number of aryl methyl sites for hydroxylation is 1. The van der Waals surface area contributed by atoms with E-state index in [0.29, 0.717) is 49.5 Å². The van der Waals surface area contributed by atoms with E-state index in [1.165, 1.54) is 0 Å². The smallest absolute Gasteiger partial charge is 0.493 e. The highest BCUT2D eigenvalue weighted by molar-refractivity contribution is 6.60. The van der Waals surface area contributed by atoms with Gasteiger partial charge in [-0.25, -0.2) is 0 Å². The fourth-order valence-corrected chi connectivity index (χ4v) is 5.23. The minimum atomic E-state index is -2.69. The second kappa shape index (κ2) is 10.6. The van der Waals surface area contributed by atoms with E-state index in [2.05, 4.69) is 0 Å². The molecule has 138 valence electrons. The van der Waals surface area contributed by atoms with Gasteiger partial charge in [0.05, 0.1) is 21.3 Å². The van der Waals surface area contributed by atoms with Gasteiger partial charge < -0.3 is 27.5 Å². The molecule has 0 saturated carbocycles. The number of hydrogen-bond donors (Lipinski definition) is 0. The Morgan fingerprint density at radius 3 is 1.71 bits per heavy atom. The Balaban J connectivity index is 3.05. The van der Waals surface area contributed by atoms with Gasteiger partial charge in [-0.15, -0.1) is 0 Å². The minimum absolute atomic E-state index is 0.565. The van der Waals surface area contributed by atoms with Crippen LogP contribution < -0.4 is 14.2 Å². The van der Waals surface area contributed by atoms with Crippen LogP contribution in [0, 0.1) is 0 Å². The maximum Gasteiger partial charge on any atom is 0.501 e. The van der Waals surface area contributed by atoms with Crippen molar-refractivity contribution in [2.24, 2.45) is 0 Å². The molecule has 0 aromatic heterocycles. The number of ether oxygens (including phenoxy) is 3. The van der Waals surface area contributed by atoms with Gasteiger partial charge in [-0.2, -0.15) is 0 Å². The maximum absolute atomic E-state index is 5.90. The Kier molecular flexibility index (Phi) is 9.13. The lowest BCUT2D eigenvalue weighted by Crippen LogP contribution is -2.46. The number of benzene rings is 1. The number of methoxy groups -OCH3 is 3. The topological polar surface area (TPSA) is 55.4 Å². The van der Waals surface area contributed by atoms with E-state index in [1.807, 2.05) is 32.9 Å². The van der Waals surface area contributed by atoms with Crippen molar-refractivity contribution >= 4 is 8.80 Å². The molecule has 0 saturated heterocycles. The van der Waals surface area contributed by atoms with Crippen molar-refractivity contribution in [3.63, 3.8) is 0 Å². The van der Waals surface area contributed by atoms with Gasteiger partial charge in [0.15, 0.2) is 11.5 Å². The average molecular weight is 359 g/mol. The predicted molar refractivity (Wildman–Crippen MR) is 95.2 cm³/mol. The summed E-state index contributed by atoms with van der Waals surface area (Å²) in [6, 6.07) is 4.53. The van der Waals surface area contributed by atoms with Crippen molar-refractivity contribution in [3.8, 4) is 17.2 Å². The van der Waals surface area contributed by atoms with Gasteiger partial charge in [0.25, 0.3) is 0 Å². The van der Waals surface area contributed by atoms with Crippen LogP contribution in [0.1, 0.15) is 26.3 Å². The molecule has 0 aliphatic carbocycles. The first-order valence-electron chi connectivity index (χ1n) is 8.30. The molecule has 1 aromatic carbocycles. The second-order valence-electron chi connectivity index (χ2n) is 4.98. The summed E-state index contributed by atoms with van der Waals surface area (Å²) in [4.78, 5) is 0. The number of rotatable bonds is 12. The molecule has 0 N–H and O–H groups in total. The van der Waals surface area contributed by atoms with E-state index >= 15 is 0 Å². The molecular formula is C17H30O6Si. The van der Waals surface area contributed by atoms with Crippen LogP contribution in [0.4, 0.5) is 0 Å². The van der Waals surface area contributed by atoms with Crippen LogP contribution in [0.15, 0.2) is 12.1 Å². The van der Waals surface area contributed by atoms with Crippen LogP contribution in [-0.4, -0.2) is 50.0 Å². The van der Waals surface area contributed by atoms with Crippen LogP contribution in [0.25, 0.3) is 0 Å². The lowest BCUT2D eigenvalue weighted by Gasteiger charge is -2.28. The third-order valence-electron chi connectivity index (χ3n) is 3.58. The molecule has 0 aliphatic heterocycles. The summed E-state index contributed by atoms with van der Waals surface area (Å²) in [5, 5.41) is 0. The van der Waals surface area contributed by atoms with Crippen molar-refractivity contribution in [3.05, 3.63) is 17.7 Å². The highest BCUT2D eigenvalue weighted by Gasteiger charge is 2.40. The van der Waals surface area contributed by atoms with Crippen molar-refractivity contribution in [2.45, 2.75) is 33.2 Å². The molecule has 6 nitrogen and oxygen atoms in total.